The molecule has 0 radical (unpaired) electrons. The number of carboxylic acid groups (broad SMARTS) is 1. The van der Waals surface area contributed by atoms with Crippen molar-refractivity contribution in [2.75, 3.05) is 0 Å². The summed E-state index contributed by atoms with van der Waals surface area (Å²) in [5, 5.41) is 17.3. The lowest BCUT2D eigenvalue weighted by atomic mass is 10.2. The molecule has 0 saturated carbocycles. The van der Waals surface area contributed by atoms with Crippen molar-refractivity contribution < 1.29 is 14.7 Å². The molecule has 0 unspecified atom stereocenters. The number of rotatable bonds is 5. The van der Waals surface area contributed by atoms with E-state index in [1.165, 1.54) is 4.68 Å². The third-order valence-corrected chi connectivity index (χ3v) is 3.16. The van der Waals surface area contributed by atoms with E-state index in [4.69, 9.17) is 5.11 Å². The zero-order valence-corrected chi connectivity index (χ0v) is 11.0. The van der Waals surface area contributed by atoms with E-state index in [1.54, 1.807) is 12.4 Å². The number of fused-ring (bicyclic) bond motifs is 1. The second kappa shape index (κ2) is 5.20. The number of carboxylic acids is 1. The molecular weight excluding hydrogens is 272 g/mol. The van der Waals surface area contributed by atoms with E-state index >= 15 is 0 Å². The lowest BCUT2D eigenvalue weighted by molar-refractivity contribution is -0.137. The summed E-state index contributed by atoms with van der Waals surface area (Å²) in [4.78, 5) is 21.7. The molecule has 0 aliphatic carbocycles. The molecule has 2 heterocycles. The van der Waals surface area contributed by atoms with Crippen LogP contribution in [0.4, 0.5) is 0 Å². The SMILES string of the molecule is O=Cc1cn(Cc2cn(CC(=O)O)nn2)c2ccccc12. The van der Waals surface area contributed by atoms with Crippen molar-refractivity contribution in [3.05, 3.63) is 47.9 Å². The van der Waals surface area contributed by atoms with Crippen molar-refractivity contribution in [2.24, 2.45) is 0 Å². The van der Waals surface area contributed by atoms with Crippen LogP contribution in [-0.2, 0) is 17.9 Å². The maximum atomic E-state index is 11.1. The number of aldehydes is 1. The van der Waals surface area contributed by atoms with Crippen molar-refractivity contribution in [3.8, 4) is 0 Å². The van der Waals surface area contributed by atoms with Crippen molar-refractivity contribution in [2.45, 2.75) is 13.1 Å². The summed E-state index contributed by atoms with van der Waals surface area (Å²) < 4.78 is 3.16. The maximum Gasteiger partial charge on any atom is 0.325 e. The predicted molar refractivity (Wildman–Crippen MR) is 74.1 cm³/mol. The highest BCUT2D eigenvalue weighted by Crippen LogP contribution is 2.20. The molecule has 0 spiro atoms. The molecule has 7 heteroatoms. The van der Waals surface area contributed by atoms with Gasteiger partial charge >= 0.3 is 5.97 Å². The molecule has 0 atom stereocenters. The Balaban J connectivity index is 1.93. The van der Waals surface area contributed by atoms with E-state index in [9.17, 15) is 9.59 Å². The summed E-state index contributed by atoms with van der Waals surface area (Å²) in [7, 11) is 0. The van der Waals surface area contributed by atoms with Crippen molar-refractivity contribution >= 4 is 23.2 Å². The first-order valence-electron chi connectivity index (χ1n) is 6.31. The first kappa shape index (κ1) is 13.0. The van der Waals surface area contributed by atoms with Gasteiger partial charge in [-0.3, -0.25) is 9.59 Å². The van der Waals surface area contributed by atoms with Gasteiger partial charge in [-0.05, 0) is 6.07 Å². The Bertz CT molecular complexity index is 819. The van der Waals surface area contributed by atoms with Crippen molar-refractivity contribution in [3.63, 3.8) is 0 Å². The summed E-state index contributed by atoms with van der Waals surface area (Å²) in [5.74, 6) is -0.971. The summed E-state index contributed by atoms with van der Waals surface area (Å²) in [6.45, 7) is 0.201. The number of hydrogen-bond acceptors (Lipinski definition) is 4. The standard InChI is InChI=1S/C14H12N4O3/c19-9-10-5-17(13-4-2-1-3-12(10)13)6-11-7-18(16-15-11)8-14(20)21/h1-5,7,9H,6,8H2,(H,20,21). The Morgan fingerprint density at radius 3 is 2.86 bits per heavy atom. The highest BCUT2D eigenvalue weighted by Gasteiger charge is 2.10. The van der Waals surface area contributed by atoms with Gasteiger partial charge in [0.1, 0.15) is 12.2 Å². The molecule has 2 aromatic heterocycles. The Kier molecular flexibility index (Phi) is 3.23. The average molecular weight is 284 g/mol. The highest BCUT2D eigenvalue weighted by atomic mass is 16.4. The minimum absolute atomic E-state index is 0.223. The smallest absolute Gasteiger partial charge is 0.325 e. The number of benzene rings is 1. The number of aromatic nitrogens is 4. The Labute approximate surface area is 119 Å². The van der Waals surface area contributed by atoms with Gasteiger partial charge in [-0.1, -0.05) is 23.4 Å². The van der Waals surface area contributed by atoms with E-state index < -0.39 is 5.97 Å². The number of nitrogens with zero attached hydrogens (tertiary/aromatic N) is 4. The van der Waals surface area contributed by atoms with Crippen LogP contribution in [0.25, 0.3) is 10.9 Å². The molecule has 1 N–H and O–H groups in total. The van der Waals surface area contributed by atoms with Gasteiger partial charge in [-0.2, -0.15) is 0 Å². The molecule has 21 heavy (non-hydrogen) atoms. The predicted octanol–water partition coefficient (Wildman–Crippen LogP) is 1.18. The molecule has 0 amide bonds. The van der Waals surface area contributed by atoms with Gasteiger partial charge < -0.3 is 9.67 Å². The van der Waals surface area contributed by atoms with Crippen LogP contribution in [0.1, 0.15) is 16.1 Å². The first-order chi connectivity index (χ1) is 10.2. The number of hydrogen-bond donors (Lipinski definition) is 1. The normalized spacial score (nSPS) is 10.9. The summed E-state index contributed by atoms with van der Waals surface area (Å²) >= 11 is 0. The quantitative estimate of drug-likeness (QED) is 0.710. The minimum atomic E-state index is -0.971. The maximum absolute atomic E-state index is 11.1. The molecule has 0 fully saturated rings. The van der Waals surface area contributed by atoms with E-state index in [1.807, 2.05) is 28.8 Å². The molecule has 1 aromatic carbocycles. The van der Waals surface area contributed by atoms with Gasteiger partial charge in [-0.15, -0.1) is 5.10 Å². The topological polar surface area (TPSA) is 90.0 Å². The molecule has 0 bridgehead atoms. The lowest BCUT2D eigenvalue weighted by Gasteiger charge is -2.01. The van der Waals surface area contributed by atoms with Gasteiger partial charge in [0, 0.05) is 22.7 Å². The second-order valence-electron chi connectivity index (χ2n) is 4.65. The molecule has 3 aromatic rings. The molecule has 3 rings (SSSR count). The Hall–Kier alpha value is -2.96. The van der Waals surface area contributed by atoms with Gasteiger partial charge in [0.15, 0.2) is 6.29 Å². The fourth-order valence-corrected chi connectivity index (χ4v) is 2.30. The van der Waals surface area contributed by atoms with Gasteiger partial charge in [0.2, 0.25) is 0 Å². The summed E-state index contributed by atoms with van der Waals surface area (Å²) in [5.41, 5.74) is 2.17. The molecular formula is C14H12N4O3. The van der Waals surface area contributed by atoms with Crippen LogP contribution >= 0.6 is 0 Å². The Morgan fingerprint density at radius 2 is 2.10 bits per heavy atom. The number of carbonyl (C=O) groups is 2. The third-order valence-electron chi connectivity index (χ3n) is 3.16. The molecule has 106 valence electrons. The monoisotopic (exact) mass is 284 g/mol. The average Bonchev–Trinajstić information content (AvgIpc) is 3.04. The number of para-hydroxylation sites is 1. The zero-order valence-electron chi connectivity index (χ0n) is 11.0. The van der Waals surface area contributed by atoms with Gasteiger partial charge in [-0.25, -0.2) is 4.68 Å². The van der Waals surface area contributed by atoms with Crippen LogP contribution in [-0.4, -0.2) is 36.9 Å². The summed E-state index contributed by atoms with van der Waals surface area (Å²) in [6.07, 6.45) is 4.16. The van der Waals surface area contributed by atoms with Crippen LogP contribution < -0.4 is 0 Å². The molecule has 0 aliphatic rings. The fourth-order valence-electron chi connectivity index (χ4n) is 2.30. The van der Waals surface area contributed by atoms with Crippen LogP contribution in [0.15, 0.2) is 36.7 Å². The zero-order chi connectivity index (χ0) is 14.8. The molecule has 7 nitrogen and oxygen atoms in total. The van der Waals surface area contributed by atoms with Gasteiger partial charge in [0.25, 0.3) is 0 Å². The van der Waals surface area contributed by atoms with Crippen LogP contribution in [0.3, 0.4) is 0 Å². The highest BCUT2D eigenvalue weighted by molar-refractivity contribution is 5.97. The lowest BCUT2D eigenvalue weighted by Crippen LogP contribution is -2.09. The van der Waals surface area contributed by atoms with E-state index in [0.717, 1.165) is 17.2 Å². The molecule has 0 saturated heterocycles. The largest absolute Gasteiger partial charge is 0.480 e. The summed E-state index contributed by atoms with van der Waals surface area (Å²) in [6, 6.07) is 7.58. The molecule has 0 aliphatic heterocycles. The first-order valence-corrected chi connectivity index (χ1v) is 6.31. The second-order valence-corrected chi connectivity index (χ2v) is 4.65. The number of aliphatic carboxylic acids is 1. The van der Waals surface area contributed by atoms with Crippen LogP contribution in [0.2, 0.25) is 0 Å². The number of carbonyl (C=O) groups excluding carboxylic acids is 1. The Morgan fingerprint density at radius 1 is 1.29 bits per heavy atom. The van der Waals surface area contributed by atoms with E-state index in [-0.39, 0.29) is 6.54 Å². The minimum Gasteiger partial charge on any atom is -0.480 e. The van der Waals surface area contributed by atoms with E-state index in [2.05, 4.69) is 10.3 Å². The van der Waals surface area contributed by atoms with Crippen molar-refractivity contribution in [1.29, 1.82) is 0 Å². The van der Waals surface area contributed by atoms with Gasteiger partial charge in [0.05, 0.1) is 12.7 Å². The van der Waals surface area contributed by atoms with E-state index in [0.29, 0.717) is 17.8 Å². The van der Waals surface area contributed by atoms with Crippen molar-refractivity contribution in [1.82, 2.24) is 19.6 Å². The van der Waals surface area contributed by atoms with Crippen LogP contribution in [0, 0.1) is 0 Å². The third kappa shape index (κ3) is 2.53. The van der Waals surface area contributed by atoms with Crippen LogP contribution in [0.5, 0.6) is 0 Å². The fraction of sp³-hybridized carbons (Fsp3) is 0.143.